The van der Waals surface area contributed by atoms with Gasteiger partial charge in [0.25, 0.3) is 0 Å². The molecule has 0 spiro atoms. The molecule has 0 bridgehead atoms. The molecule has 0 N–H and O–H groups in total. The quantitative estimate of drug-likeness (QED) is 0.603. The smallest absolute Gasteiger partial charge is 0.0216 e. The van der Waals surface area contributed by atoms with Crippen LogP contribution in [0, 0.1) is 0 Å². The first-order valence-electron chi connectivity index (χ1n) is 4.96. The summed E-state index contributed by atoms with van der Waals surface area (Å²) in [5.74, 6) is 0. The second-order valence-corrected chi connectivity index (χ2v) is 3.85. The van der Waals surface area contributed by atoms with Crippen molar-refractivity contribution >= 4 is 0 Å². The average Bonchev–Trinajstić information content (AvgIpc) is 2.04. The standard InChI is InChI=1S/C10H21N/c1-4-6-7-10(5-2)8-9-11(10)3/h4-9H2,1-3H3. The lowest BCUT2D eigenvalue weighted by Crippen LogP contribution is -2.57. The minimum atomic E-state index is 0.607. The van der Waals surface area contributed by atoms with Crippen molar-refractivity contribution in [3.63, 3.8) is 0 Å². The van der Waals surface area contributed by atoms with Gasteiger partial charge in [-0.05, 0) is 26.3 Å². The van der Waals surface area contributed by atoms with Crippen LogP contribution in [-0.4, -0.2) is 24.0 Å². The third-order valence-corrected chi connectivity index (χ3v) is 3.38. The van der Waals surface area contributed by atoms with Crippen LogP contribution in [0.5, 0.6) is 0 Å². The van der Waals surface area contributed by atoms with Crippen molar-refractivity contribution in [2.24, 2.45) is 0 Å². The molecule has 0 amide bonds. The summed E-state index contributed by atoms with van der Waals surface area (Å²) in [6, 6.07) is 0. The molecular formula is C10H21N. The summed E-state index contributed by atoms with van der Waals surface area (Å²) < 4.78 is 0. The molecule has 1 atom stereocenters. The van der Waals surface area contributed by atoms with E-state index < -0.39 is 0 Å². The van der Waals surface area contributed by atoms with Gasteiger partial charge in [-0.1, -0.05) is 26.7 Å². The van der Waals surface area contributed by atoms with Gasteiger partial charge < -0.3 is 4.90 Å². The predicted molar refractivity (Wildman–Crippen MR) is 49.8 cm³/mol. The second kappa shape index (κ2) is 3.57. The molecule has 0 saturated carbocycles. The first kappa shape index (κ1) is 9.05. The van der Waals surface area contributed by atoms with Gasteiger partial charge in [0.2, 0.25) is 0 Å². The molecular weight excluding hydrogens is 134 g/mol. The van der Waals surface area contributed by atoms with Gasteiger partial charge in [-0.25, -0.2) is 0 Å². The molecule has 1 heteroatoms. The highest BCUT2D eigenvalue weighted by atomic mass is 15.2. The van der Waals surface area contributed by atoms with Crippen LogP contribution < -0.4 is 0 Å². The largest absolute Gasteiger partial charge is 0.301 e. The molecule has 1 fully saturated rings. The summed E-state index contributed by atoms with van der Waals surface area (Å²) >= 11 is 0. The lowest BCUT2D eigenvalue weighted by atomic mass is 9.78. The van der Waals surface area contributed by atoms with E-state index in [1.54, 1.807) is 0 Å². The molecule has 0 aromatic heterocycles. The number of hydrogen-bond acceptors (Lipinski definition) is 1. The minimum absolute atomic E-state index is 0.607. The van der Waals surface area contributed by atoms with Crippen LogP contribution in [0.15, 0.2) is 0 Å². The number of likely N-dealkylation sites (tertiary alicyclic amines) is 1. The molecule has 1 nitrogen and oxygen atoms in total. The van der Waals surface area contributed by atoms with E-state index >= 15 is 0 Å². The second-order valence-electron chi connectivity index (χ2n) is 3.85. The number of nitrogens with zero attached hydrogens (tertiary/aromatic N) is 1. The van der Waals surface area contributed by atoms with Gasteiger partial charge in [-0.3, -0.25) is 0 Å². The summed E-state index contributed by atoms with van der Waals surface area (Å²) in [6.07, 6.45) is 6.92. The molecule has 1 saturated heterocycles. The first-order valence-corrected chi connectivity index (χ1v) is 4.96. The summed E-state index contributed by atoms with van der Waals surface area (Å²) in [5.41, 5.74) is 0.607. The third-order valence-electron chi connectivity index (χ3n) is 3.38. The van der Waals surface area contributed by atoms with E-state index in [0.717, 1.165) is 0 Å². The van der Waals surface area contributed by atoms with Crippen LogP contribution in [0.1, 0.15) is 46.0 Å². The topological polar surface area (TPSA) is 3.24 Å². The maximum absolute atomic E-state index is 2.53. The summed E-state index contributed by atoms with van der Waals surface area (Å²) in [6.45, 7) is 5.92. The van der Waals surface area contributed by atoms with E-state index in [2.05, 4.69) is 25.8 Å². The van der Waals surface area contributed by atoms with Crippen LogP contribution in [0.2, 0.25) is 0 Å². The molecule has 0 aromatic carbocycles. The van der Waals surface area contributed by atoms with Crippen molar-refractivity contribution < 1.29 is 0 Å². The summed E-state index contributed by atoms with van der Waals surface area (Å²) in [7, 11) is 2.27. The molecule has 1 unspecified atom stereocenters. The average molecular weight is 155 g/mol. The lowest BCUT2D eigenvalue weighted by molar-refractivity contribution is -0.00157. The van der Waals surface area contributed by atoms with Gasteiger partial charge in [-0.2, -0.15) is 0 Å². The summed E-state index contributed by atoms with van der Waals surface area (Å²) in [5, 5.41) is 0. The fourth-order valence-electron chi connectivity index (χ4n) is 2.10. The molecule has 1 heterocycles. The van der Waals surface area contributed by atoms with E-state index in [4.69, 9.17) is 0 Å². The van der Waals surface area contributed by atoms with Crippen LogP contribution in [0.3, 0.4) is 0 Å². The van der Waals surface area contributed by atoms with Crippen molar-refractivity contribution in [1.29, 1.82) is 0 Å². The molecule has 1 aliphatic rings. The molecule has 0 aliphatic carbocycles. The Morgan fingerprint density at radius 2 is 2.09 bits per heavy atom. The fraction of sp³-hybridized carbons (Fsp3) is 1.00. The van der Waals surface area contributed by atoms with Crippen LogP contribution >= 0.6 is 0 Å². The molecule has 1 rings (SSSR count). The molecule has 0 radical (unpaired) electrons. The van der Waals surface area contributed by atoms with Crippen molar-refractivity contribution in [2.75, 3.05) is 13.6 Å². The monoisotopic (exact) mass is 155 g/mol. The van der Waals surface area contributed by atoms with E-state index in [0.29, 0.717) is 5.54 Å². The highest BCUT2D eigenvalue weighted by Gasteiger charge is 2.39. The predicted octanol–water partition coefficient (Wildman–Crippen LogP) is 2.66. The zero-order chi connectivity index (χ0) is 8.32. The molecule has 1 aliphatic heterocycles. The Kier molecular flexibility index (Phi) is 2.94. The molecule has 11 heavy (non-hydrogen) atoms. The zero-order valence-electron chi connectivity index (χ0n) is 8.19. The van der Waals surface area contributed by atoms with E-state index in [9.17, 15) is 0 Å². The Morgan fingerprint density at radius 1 is 1.36 bits per heavy atom. The lowest BCUT2D eigenvalue weighted by Gasteiger charge is -2.51. The normalized spacial score (nSPS) is 31.9. The van der Waals surface area contributed by atoms with Crippen molar-refractivity contribution in [3.05, 3.63) is 0 Å². The van der Waals surface area contributed by atoms with Crippen molar-refractivity contribution in [2.45, 2.75) is 51.5 Å². The number of unbranched alkanes of at least 4 members (excludes halogenated alkanes) is 1. The van der Waals surface area contributed by atoms with Gasteiger partial charge >= 0.3 is 0 Å². The highest BCUT2D eigenvalue weighted by Crippen LogP contribution is 2.36. The molecule has 66 valence electrons. The van der Waals surface area contributed by atoms with E-state index in [-0.39, 0.29) is 0 Å². The van der Waals surface area contributed by atoms with Gasteiger partial charge in [0.15, 0.2) is 0 Å². The highest BCUT2D eigenvalue weighted by molar-refractivity contribution is 4.96. The van der Waals surface area contributed by atoms with Crippen LogP contribution in [0.25, 0.3) is 0 Å². The van der Waals surface area contributed by atoms with Crippen LogP contribution in [0.4, 0.5) is 0 Å². The Bertz CT molecular complexity index is 118. The first-order chi connectivity index (χ1) is 5.25. The zero-order valence-corrected chi connectivity index (χ0v) is 8.19. The van der Waals surface area contributed by atoms with Gasteiger partial charge in [0, 0.05) is 12.1 Å². The van der Waals surface area contributed by atoms with Gasteiger partial charge in [0.1, 0.15) is 0 Å². The van der Waals surface area contributed by atoms with Crippen molar-refractivity contribution in [3.8, 4) is 0 Å². The van der Waals surface area contributed by atoms with Gasteiger partial charge in [0.05, 0.1) is 0 Å². The molecule has 0 aromatic rings. The maximum Gasteiger partial charge on any atom is 0.0216 e. The summed E-state index contributed by atoms with van der Waals surface area (Å²) in [4.78, 5) is 2.53. The Morgan fingerprint density at radius 3 is 2.36 bits per heavy atom. The Balaban J connectivity index is 2.35. The maximum atomic E-state index is 2.53. The van der Waals surface area contributed by atoms with Crippen molar-refractivity contribution in [1.82, 2.24) is 4.90 Å². The van der Waals surface area contributed by atoms with Crippen LogP contribution in [-0.2, 0) is 0 Å². The SMILES string of the molecule is CCCCC1(CC)CCN1C. The van der Waals surface area contributed by atoms with E-state index in [1.807, 2.05) is 0 Å². The fourth-order valence-corrected chi connectivity index (χ4v) is 2.10. The minimum Gasteiger partial charge on any atom is -0.301 e. The number of rotatable bonds is 4. The van der Waals surface area contributed by atoms with E-state index in [1.165, 1.54) is 38.6 Å². The Hall–Kier alpha value is -0.0400. The third kappa shape index (κ3) is 1.58. The number of hydrogen-bond donors (Lipinski definition) is 0. The Labute approximate surface area is 70.8 Å². The van der Waals surface area contributed by atoms with Gasteiger partial charge in [-0.15, -0.1) is 0 Å².